The van der Waals surface area contributed by atoms with Crippen LogP contribution in [0.25, 0.3) is 5.65 Å². The van der Waals surface area contributed by atoms with Crippen LogP contribution in [-0.4, -0.2) is 56.5 Å². The number of hydrogen-bond acceptors (Lipinski definition) is 4. The number of nitrogens with zero attached hydrogens (tertiary/aromatic N) is 5. The molecule has 0 aliphatic carbocycles. The highest BCUT2D eigenvalue weighted by atomic mass is 35.5. The predicted molar refractivity (Wildman–Crippen MR) is 111 cm³/mol. The third kappa shape index (κ3) is 4.67. The molecule has 170 valence electrons. The van der Waals surface area contributed by atoms with E-state index in [4.69, 9.17) is 23.2 Å². The maximum absolute atomic E-state index is 13.3. The summed E-state index contributed by atoms with van der Waals surface area (Å²) in [5, 5.41) is 5.02. The minimum Gasteiger partial charge on any atom is -0.335 e. The van der Waals surface area contributed by atoms with Gasteiger partial charge >= 0.3 is 0 Å². The number of piperazine rings is 1. The van der Waals surface area contributed by atoms with Gasteiger partial charge in [-0.15, -0.1) is 0 Å². The Kier molecular flexibility index (Phi) is 6.55. The van der Waals surface area contributed by atoms with Crippen molar-refractivity contribution in [3.8, 4) is 0 Å². The first-order valence-corrected chi connectivity index (χ1v) is 10.4. The van der Waals surface area contributed by atoms with E-state index in [9.17, 15) is 22.4 Å². The number of amides is 1. The van der Waals surface area contributed by atoms with Gasteiger partial charge in [-0.1, -0.05) is 29.3 Å². The van der Waals surface area contributed by atoms with Gasteiger partial charge in [-0.2, -0.15) is 5.10 Å². The molecular formula is C20H17Cl2F4N5O. The van der Waals surface area contributed by atoms with Gasteiger partial charge in [-0.05, 0) is 23.8 Å². The lowest BCUT2D eigenvalue weighted by molar-refractivity contribution is 0.0621. The van der Waals surface area contributed by atoms with E-state index < -0.39 is 30.1 Å². The molecule has 32 heavy (non-hydrogen) atoms. The molecule has 1 saturated heterocycles. The van der Waals surface area contributed by atoms with Crippen molar-refractivity contribution in [1.29, 1.82) is 0 Å². The molecule has 0 saturated carbocycles. The van der Waals surface area contributed by atoms with E-state index in [1.807, 2.05) is 6.07 Å². The number of alkyl halides is 4. The molecule has 12 heteroatoms. The lowest BCUT2D eigenvalue weighted by atomic mass is 10.2. The quantitative estimate of drug-likeness (QED) is 0.479. The molecule has 0 bridgehead atoms. The predicted octanol–water partition coefficient (Wildman–Crippen LogP) is 4.87. The van der Waals surface area contributed by atoms with E-state index in [0.717, 1.165) is 16.1 Å². The van der Waals surface area contributed by atoms with Crippen molar-refractivity contribution in [1.82, 2.24) is 24.4 Å². The summed E-state index contributed by atoms with van der Waals surface area (Å²) < 4.78 is 53.4. The Labute approximate surface area is 190 Å². The topological polar surface area (TPSA) is 53.7 Å². The van der Waals surface area contributed by atoms with Gasteiger partial charge in [-0.25, -0.2) is 27.1 Å². The molecule has 3 heterocycles. The van der Waals surface area contributed by atoms with Gasteiger partial charge in [0.25, 0.3) is 18.8 Å². The Hall–Kier alpha value is -2.43. The monoisotopic (exact) mass is 489 g/mol. The average molecular weight is 490 g/mol. The van der Waals surface area contributed by atoms with Gasteiger partial charge in [0.15, 0.2) is 11.3 Å². The van der Waals surface area contributed by atoms with Crippen molar-refractivity contribution in [2.24, 2.45) is 0 Å². The molecule has 1 fully saturated rings. The highest BCUT2D eigenvalue weighted by Gasteiger charge is 2.27. The van der Waals surface area contributed by atoms with Crippen LogP contribution in [0.15, 0.2) is 30.3 Å². The molecular weight excluding hydrogens is 473 g/mol. The van der Waals surface area contributed by atoms with Crippen LogP contribution in [0.5, 0.6) is 0 Å². The Bertz CT molecular complexity index is 1150. The van der Waals surface area contributed by atoms with E-state index in [-0.39, 0.29) is 11.3 Å². The number of rotatable bonds is 5. The van der Waals surface area contributed by atoms with E-state index in [1.165, 1.54) is 4.90 Å². The number of carbonyl (C=O) groups is 1. The second-order valence-corrected chi connectivity index (χ2v) is 8.15. The first-order chi connectivity index (χ1) is 15.2. The van der Waals surface area contributed by atoms with Crippen LogP contribution in [0.3, 0.4) is 0 Å². The molecule has 4 rings (SSSR count). The second kappa shape index (κ2) is 9.21. The Balaban J connectivity index is 1.47. The zero-order valence-electron chi connectivity index (χ0n) is 16.5. The van der Waals surface area contributed by atoms with Crippen molar-refractivity contribution in [2.75, 3.05) is 26.2 Å². The lowest BCUT2D eigenvalue weighted by Gasteiger charge is -2.34. The third-order valence-corrected chi connectivity index (χ3v) is 5.80. The second-order valence-electron chi connectivity index (χ2n) is 7.31. The molecule has 6 nitrogen and oxygen atoms in total. The largest absolute Gasteiger partial charge is 0.335 e. The van der Waals surface area contributed by atoms with Crippen LogP contribution in [0, 0.1) is 0 Å². The van der Waals surface area contributed by atoms with E-state index in [2.05, 4.69) is 15.0 Å². The summed E-state index contributed by atoms with van der Waals surface area (Å²) in [5.74, 6) is -0.474. The first kappa shape index (κ1) is 22.8. The van der Waals surface area contributed by atoms with Crippen molar-refractivity contribution in [3.05, 3.63) is 63.0 Å². The van der Waals surface area contributed by atoms with Crippen LogP contribution < -0.4 is 0 Å². The maximum atomic E-state index is 13.3. The lowest BCUT2D eigenvalue weighted by Crippen LogP contribution is -2.48. The number of hydrogen-bond donors (Lipinski definition) is 0. The van der Waals surface area contributed by atoms with Gasteiger partial charge in [0.05, 0.1) is 0 Å². The van der Waals surface area contributed by atoms with Crippen LogP contribution in [0.1, 0.15) is 40.3 Å². The molecule has 3 aromatic rings. The fourth-order valence-electron chi connectivity index (χ4n) is 3.55. The molecule has 1 aliphatic rings. The van der Waals surface area contributed by atoms with Crippen LogP contribution in [0.4, 0.5) is 17.6 Å². The molecule has 0 spiro atoms. The summed E-state index contributed by atoms with van der Waals surface area (Å²) >= 11 is 12.1. The molecule has 1 amide bonds. The van der Waals surface area contributed by atoms with Gasteiger partial charge in [-0.3, -0.25) is 9.69 Å². The Morgan fingerprint density at radius 3 is 2.34 bits per heavy atom. The molecule has 0 N–H and O–H groups in total. The smallest absolute Gasteiger partial charge is 0.280 e. The highest BCUT2D eigenvalue weighted by Crippen LogP contribution is 2.26. The maximum Gasteiger partial charge on any atom is 0.280 e. The standard InChI is InChI=1S/C20H17Cl2F4N5O/c21-12-2-1-11(13(22)7-12)10-29-3-5-30(6-4-29)20(32)15-9-17-27-14(18(23)24)8-16(19(25)26)31(17)28-15/h1-2,7-9,18-19H,3-6,10H2. The summed E-state index contributed by atoms with van der Waals surface area (Å²) in [7, 11) is 0. The van der Waals surface area contributed by atoms with Crippen molar-refractivity contribution < 1.29 is 22.4 Å². The van der Waals surface area contributed by atoms with Crippen molar-refractivity contribution >= 4 is 34.8 Å². The van der Waals surface area contributed by atoms with Crippen LogP contribution in [-0.2, 0) is 6.54 Å². The van der Waals surface area contributed by atoms with Crippen LogP contribution in [0.2, 0.25) is 10.0 Å². The summed E-state index contributed by atoms with van der Waals surface area (Å²) in [6, 6.07) is 7.03. The van der Waals surface area contributed by atoms with E-state index >= 15 is 0 Å². The summed E-state index contributed by atoms with van der Waals surface area (Å²) in [4.78, 5) is 20.2. The van der Waals surface area contributed by atoms with Crippen molar-refractivity contribution in [3.63, 3.8) is 0 Å². The number of halogens is 6. The Morgan fingerprint density at radius 1 is 1.00 bits per heavy atom. The fourth-order valence-corrected chi connectivity index (χ4v) is 4.02. The number of carbonyl (C=O) groups excluding carboxylic acids is 1. The normalized spacial score (nSPS) is 15.3. The minimum atomic E-state index is -3.05. The summed E-state index contributed by atoms with van der Waals surface area (Å²) in [6.45, 7) is 2.48. The molecule has 0 unspecified atom stereocenters. The summed E-state index contributed by atoms with van der Waals surface area (Å²) in [5.41, 5.74) is -0.968. The molecule has 0 radical (unpaired) electrons. The average Bonchev–Trinajstić information content (AvgIpc) is 3.19. The van der Waals surface area contributed by atoms with E-state index in [1.54, 1.807) is 12.1 Å². The number of fused-ring (bicyclic) bond motifs is 1. The van der Waals surface area contributed by atoms with Gasteiger partial charge in [0.2, 0.25) is 0 Å². The fraction of sp³-hybridized carbons (Fsp3) is 0.350. The zero-order chi connectivity index (χ0) is 23.0. The third-order valence-electron chi connectivity index (χ3n) is 5.21. The molecule has 1 aromatic carbocycles. The molecule has 2 aromatic heterocycles. The van der Waals surface area contributed by atoms with Crippen LogP contribution >= 0.6 is 23.2 Å². The number of aromatic nitrogens is 3. The van der Waals surface area contributed by atoms with E-state index in [0.29, 0.717) is 48.8 Å². The molecule has 0 atom stereocenters. The highest BCUT2D eigenvalue weighted by molar-refractivity contribution is 6.35. The van der Waals surface area contributed by atoms with Gasteiger partial charge < -0.3 is 4.90 Å². The number of benzene rings is 1. The minimum absolute atomic E-state index is 0.125. The zero-order valence-corrected chi connectivity index (χ0v) is 18.0. The first-order valence-electron chi connectivity index (χ1n) is 9.65. The molecule has 1 aliphatic heterocycles. The summed E-state index contributed by atoms with van der Waals surface area (Å²) in [6.07, 6.45) is -6.07. The van der Waals surface area contributed by atoms with Gasteiger partial charge in [0.1, 0.15) is 11.4 Å². The Morgan fingerprint density at radius 2 is 1.72 bits per heavy atom. The van der Waals surface area contributed by atoms with Crippen molar-refractivity contribution in [2.45, 2.75) is 19.4 Å². The van der Waals surface area contributed by atoms with Gasteiger partial charge in [0, 0.05) is 48.8 Å². The SMILES string of the molecule is O=C(c1cc2nc(C(F)F)cc(C(F)F)n2n1)N1CCN(Cc2ccc(Cl)cc2Cl)CC1.